The number of nitrogens with one attached hydrogen (secondary N) is 2. The first kappa shape index (κ1) is 19.7. The molecule has 1 aromatic heterocycles. The predicted molar refractivity (Wildman–Crippen MR) is 119 cm³/mol. The fraction of sp³-hybridized carbons (Fsp3) is 0.0833. The Morgan fingerprint density at radius 3 is 2.40 bits per heavy atom. The molecular weight excluding hydrogens is 400 g/mol. The summed E-state index contributed by atoms with van der Waals surface area (Å²) >= 11 is 6.00. The van der Waals surface area contributed by atoms with E-state index in [0.29, 0.717) is 32.9 Å². The monoisotopic (exact) mass is 418 g/mol. The highest BCUT2D eigenvalue weighted by atomic mass is 35.5. The maximum absolute atomic E-state index is 13.0. The Morgan fingerprint density at radius 2 is 1.67 bits per heavy atom. The van der Waals surface area contributed by atoms with Crippen molar-refractivity contribution in [3.63, 3.8) is 0 Å². The van der Waals surface area contributed by atoms with Gasteiger partial charge in [0.25, 0.3) is 11.8 Å². The molecule has 5 nitrogen and oxygen atoms in total. The summed E-state index contributed by atoms with van der Waals surface area (Å²) in [5.41, 5.74) is 3.02. The first-order chi connectivity index (χ1) is 14.5. The van der Waals surface area contributed by atoms with Crippen molar-refractivity contribution in [1.82, 2.24) is 0 Å². The molecule has 0 fully saturated rings. The number of furan rings is 1. The molecule has 0 aliphatic rings. The Hall–Kier alpha value is -3.57. The van der Waals surface area contributed by atoms with Gasteiger partial charge in [-0.25, -0.2) is 0 Å². The van der Waals surface area contributed by atoms with Crippen molar-refractivity contribution < 1.29 is 14.0 Å². The number of halogens is 1. The maximum Gasteiger partial charge on any atom is 0.293 e. The quantitative estimate of drug-likeness (QED) is 0.408. The minimum absolute atomic E-state index is 0.0335. The molecule has 0 aliphatic carbocycles. The minimum atomic E-state index is -0.447. The number of fused-ring (bicyclic) bond motifs is 1. The van der Waals surface area contributed by atoms with E-state index in [1.54, 1.807) is 42.5 Å². The van der Waals surface area contributed by atoms with E-state index in [2.05, 4.69) is 17.6 Å². The molecule has 2 N–H and O–H groups in total. The van der Waals surface area contributed by atoms with Crippen LogP contribution in [0.5, 0.6) is 0 Å². The topological polar surface area (TPSA) is 71.3 Å². The molecule has 30 heavy (non-hydrogen) atoms. The summed E-state index contributed by atoms with van der Waals surface area (Å²) < 4.78 is 5.79. The standard InChI is InChI=1S/C24H19ClN2O3/c1-2-15-10-12-18(13-11-15)26-24(29)22-21(19-8-3-4-9-20(19)30-22)27-23(28)16-6-5-7-17(25)14-16/h3-14H,2H2,1H3,(H,26,29)(H,27,28). The number of carbonyl (C=O) groups is 2. The van der Waals surface area contributed by atoms with E-state index in [1.165, 1.54) is 5.56 Å². The number of hydrogen-bond acceptors (Lipinski definition) is 3. The van der Waals surface area contributed by atoms with Crippen molar-refractivity contribution in [2.24, 2.45) is 0 Å². The van der Waals surface area contributed by atoms with Crippen molar-refractivity contribution in [2.75, 3.05) is 10.6 Å². The van der Waals surface area contributed by atoms with E-state index < -0.39 is 5.91 Å². The molecule has 1 heterocycles. The van der Waals surface area contributed by atoms with Gasteiger partial charge >= 0.3 is 0 Å². The number of para-hydroxylation sites is 1. The van der Waals surface area contributed by atoms with Crippen LogP contribution in [0, 0.1) is 0 Å². The van der Waals surface area contributed by atoms with Crippen molar-refractivity contribution in [3.8, 4) is 0 Å². The average Bonchev–Trinajstić information content (AvgIpc) is 3.13. The van der Waals surface area contributed by atoms with Crippen LogP contribution < -0.4 is 10.6 Å². The third kappa shape index (κ3) is 4.07. The summed E-state index contributed by atoms with van der Waals surface area (Å²) in [5.74, 6) is -0.798. The van der Waals surface area contributed by atoms with Crippen molar-refractivity contribution in [2.45, 2.75) is 13.3 Å². The minimum Gasteiger partial charge on any atom is -0.449 e. The molecule has 6 heteroatoms. The third-order valence-electron chi connectivity index (χ3n) is 4.75. The molecule has 3 aromatic carbocycles. The molecule has 0 saturated heterocycles. The molecule has 150 valence electrons. The smallest absolute Gasteiger partial charge is 0.293 e. The van der Waals surface area contributed by atoms with E-state index in [4.69, 9.17) is 16.0 Å². The number of hydrogen-bond donors (Lipinski definition) is 2. The summed E-state index contributed by atoms with van der Waals surface area (Å²) in [7, 11) is 0. The molecule has 0 atom stereocenters. The van der Waals surface area contributed by atoms with Crippen LogP contribution >= 0.6 is 11.6 Å². The lowest BCUT2D eigenvalue weighted by atomic mass is 10.1. The van der Waals surface area contributed by atoms with Crippen molar-refractivity contribution >= 4 is 45.8 Å². The second-order valence-corrected chi connectivity index (χ2v) is 7.21. The molecule has 4 aromatic rings. The summed E-state index contributed by atoms with van der Waals surface area (Å²) in [6.45, 7) is 2.07. The van der Waals surface area contributed by atoms with Gasteiger partial charge in [0, 0.05) is 21.7 Å². The van der Waals surface area contributed by atoms with E-state index in [-0.39, 0.29) is 11.7 Å². The summed E-state index contributed by atoms with van der Waals surface area (Å²) in [6, 6.07) is 21.3. The summed E-state index contributed by atoms with van der Waals surface area (Å²) in [5, 5.41) is 6.73. The SMILES string of the molecule is CCc1ccc(NC(=O)c2oc3ccccc3c2NC(=O)c2cccc(Cl)c2)cc1. The maximum atomic E-state index is 13.0. The highest BCUT2D eigenvalue weighted by Crippen LogP contribution is 2.32. The molecule has 0 saturated carbocycles. The number of carbonyl (C=O) groups excluding carboxylic acids is 2. The Bertz CT molecular complexity index is 1230. The summed E-state index contributed by atoms with van der Waals surface area (Å²) in [4.78, 5) is 25.7. The molecule has 4 rings (SSSR count). The van der Waals surface area contributed by atoms with Crippen LogP contribution in [0.2, 0.25) is 5.02 Å². The molecule has 0 bridgehead atoms. The van der Waals surface area contributed by atoms with E-state index in [1.807, 2.05) is 30.3 Å². The van der Waals surface area contributed by atoms with Gasteiger partial charge in [0.05, 0.1) is 0 Å². The zero-order valence-corrected chi connectivity index (χ0v) is 17.0. The van der Waals surface area contributed by atoms with E-state index >= 15 is 0 Å². The van der Waals surface area contributed by atoms with Crippen molar-refractivity contribution in [1.29, 1.82) is 0 Å². The summed E-state index contributed by atoms with van der Waals surface area (Å²) in [6.07, 6.45) is 0.914. The van der Waals surface area contributed by atoms with Gasteiger partial charge in [0.1, 0.15) is 11.3 Å². The Labute approximate surface area is 178 Å². The fourth-order valence-electron chi connectivity index (χ4n) is 3.16. The number of benzene rings is 3. The number of aryl methyl sites for hydroxylation is 1. The van der Waals surface area contributed by atoms with Gasteiger partial charge in [-0.2, -0.15) is 0 Å². The predicted octanol–water partition coefficient (Wildman–Crippen LogP) is 6.15. The lowest BCUT2D eigenvalue weighted by Gasteiger charge is -2.08. The van der Waals surface area contributed by atoms with Crippen LogP contribution in [0.25, 0.3) is 11.0 Å². The van der Waals surface area contributed by atoms with Crippen LogP contribution in [0.1, 0.15) is 33.4 Å². The van der Waals surface area contributed by atoms with Crippen LogP contribution in [-0.4, -0.2) is 11.8 Å². The van der Waals surface area contributed by atoms with E-state index in [9.17, 15) is 9.59 Å². The van der Waals surface area contributed by atoms with Gasteiger partial charge in [-0.1, -0.05) is 48.9 Å². The van der Waals surface area contributed by atoms with Gasteiger partial charge < -0.3 is 15.1 Å². The van der Waals surface area contributed by atoms with Crippen LogP contribution in [0.3, 0.4) is 0 Å². The first-order valence-electron chi connectivity index (χ1n) is 9.54. The highest BCUT2D eigenvalue weighted by molar-refractivity contribution is 6.31. The lowest BCUT2D eigenvalue weighted by Crippen LogP contribution is -2.17. The number of amides is 2. The Balaban J connectivity index is 1.67. The van der Waals surface area contributed by atoms with E-state index in [0.717, 1.165) is 6.42 Å². The zero-order valence-electron chi connectivity index (χ0n) is 16.2. The van der Waals surface area contributed by atoms with Gasteiger partial charge in [0.15, 0.2) is 0 Å². The average molecular weight is 419 g/mol. The first-order valence-corrected chi connectivity index (χ1v) is 9.91. The molecular formula is C24H19ClN2O3. The number of anilines is 2. The largest absolute Gasteiger partial charge is 0.449 e. The van der Waals surface area contributed by atoms with Crippen LogP contribution in [0.4, 0.5) is 11.4 Å². The normalized spacial score (nSPS) is 10.7. The molecule has 0 radical (unpaired) electrons. The van der Waals surface area contributed by atoms with Gasteiger partial charge in [-0.05, 0) is 54.4 Å². The molecule has 0 aliphatic heterocycles. The molecule has 2 amide bonds. The zero-order chi connectivity index (χ0) is 21.1. The van der Waals surface area contributed by atoms with Crippen LogP contribution in [0.15, 0.2) is 77.2 Å². The number of rotatable bonds is 5. The van der Waals surface area contributed by atoms with Crippen molar-refractivity contribution in [3.05, 3.63) is 94.7 Å². The van der Waals surface area contributed by atoms with Crippen LogP contribution in [-0.2, 0) is 6.42 Å². The van der Waals surface area contributed by atoms with Gasteiger partial charge in [-0.3, -0.25) is 9.59 Å². The van der Waals surface area contributed by atoms with Gasteiger partial charge in [0.2, 0.25) is 5.76 Å². The Kier molecular flexibility index (Phi) is 5.55. The third-order valence-corrected chi connectivity index (χ3v) is 4.98. The second kappa shape index (κ2) is 8.43. The second-order valence-electron chi connectivity index (χ2n) is 6.77. The molecule has 0 unspecified atom stereocenters. The lowest BCUT2D eigenvalue weighted by molar-refractivity contribution is 0.0999. The molecule has 0 spiro atoms. The fourth-order valence-corrected chi connectivity index (χ4v) is 3.35. The highest BCUT2D eigenvalue weighted by Gasteiger charge is 2.23. The Morgan fingerprint density at radius 1 is 0.900 bits per heavy atom. The van der Waals surface area contributed by atoms with Gasteiger partial charge in [-0.15, -0.1) is 0 Å².